The molecule has 1 aromatic heterocycles. The quantitative estimate of drug-likeness (QED) is 0.246. The molecule has 2 heterocycles. The number of rotatable bonds is 10. The first-order valence-corrected chi connectivity index (χ1v) is 15.6. The lowest BCUT2D eigenvalue weighted by molar-refractivity contribution is -0.124. The number of anilines is 2. The number of pyridine rings is 1. The van der Waals surface area contributed by atoms with Crippen LogP contribution in [-0.4, -0.2) is 49.6 Å². The molecule has 42 heavy (non-hydrogen) atoms. The molecule has 1 N–H and O–H groups in total. The SMILES string of the molecule is CS(=O)(=O)Nc1ccc(Oc2ccc(CN3CCC(N(C(=O)C(F)c4ccccc4)c4ccccc4)CC3)cn2)cc1. The first kappa shape index (κ1) is 29.2. The molecule has 10 heteroatoms. The lowest BCUT2D eigenvalue weighted by atomic mass is 9.99. The summed E-state index contributed by atoms with van der Waals surface area (Å²) in [7, 11) is -3.34. The summed E-state index contributed by atoms with van der Waals surface area (Å²) in [6.07, 6.45) is 2.59. The molecule has 0 aliphatic carbocycles. The number of halogens is 1. The minimum Gasteiger partial charge on any atom is -0.439 e. The molecule has 4 aromatic rings. The number of benzene rings is 3. The number of para-hydroxylation sites is 1. The zero-order chi connectivity index (χ0) is 29.5. The second-order valence-electron chi connectivity index (χ2n) is 10.3. The first-order chi connectivity index (χ1) is 20.2. The Morgan fingerprint density at radius 1 is 0.976 bits per heavy atom. The molecule has 1 aliphatic rings. The summed E-state index contributed by atoms with van der Waals surface area (Å²) in [5.41, 5.74) is 2.55. The Balaban J connectivity index is 1.18. The highest BCUT2D eigenvalue weighted by atomic mass is 32.2. The summed E-state index contributed by atoms with van der Waals surface area (Å²) < 4.78 is 46.3. The van der Waals surface area contributed by atoms with Gasteiger partial charge in [-0.2, -0.15) is 0 Å². The summed E-state index contributed by atoms with van der Waals surface area (Å²) in [6, 6.07) is 28.2. The number of likely N-dealkylation sites (tertiary alicyclic amines) is 1. The maximum atomic E-state index is 15.4. The van der Waals surface area contributed by atoms with Crippen LogP contribution in [0.2, 0.25) is 0 Å². The molecule has 0 bridgehead atoms. The van der Waals surface area contributed by atoms with Crippen molar-refractivity contribution in [2.75, 3.05) is 29.0 Å². The predicted octanol–water partition coefficient (Wildman–Crippen LogP) is 5.95. The van der Waals surface area contributed by atoms with Crippen molar-refractivity contribution in [2.24, 2.45) is 0 Å². The molecule has 8 nitrogen and oxygen atoms in total. The number of hydrogen-bond donors (Lipinski definition) is 1. The maximum Gasteiger partial charge on any atom is 0.266 e. The Labute approximate surface area is 245 Å². The van der Waals surface area contributed by atoms with E-state index < -0.39 is 22.1 Å². The molecule has 218 valence electrons. The minimum absolute atomic E-state index is 0.106. The van der Waals surface area contributed by atoms with Crippen molar-refractivity contribution in [3.05, 3.63) is 114 Å². The highest BCUT2D eigenvalue weighted by Crippen LogP contribution is 2.30. The van der Waals surface area contributed by atoms with Gasteiger partial charge in [-0.1, -0.05) is 54.6 Å². The fourth-order valence-electron chi connectivity index (χ4n) is 5.08. The van der Waals surface area contributed by atoms with Crippen LogP contribution >= 0.6 is 0 Å². The van der Waals surface area contributed by atoms with Gasteiger partial charge >= 0.3 is 0 Å². The molecule has 1 unspecified atom stereocenters. The number of amides is 1. The van der Waals surface area contributed by atoms with Gasteiger partial charge in [0.05, 0.1) is 6.26 Å². The number of ether oxygens (including phenoxy) is 1. The van der Waals surface area contributed by atoms with Crippen LogP contribution in [0.15, 0.2) is 103 Å². The van der Waals surface area contributed by atoms with Crippen molar-refractivity contribution in [2.45, 2.75) is 31.6 Å². The third-order valence-electron chi connectivity index (χ3n) is 7.09. The van der Waals surface area contributed by atoms with Crippen LogP contribution in [0.5, 0.6) is 11.6 Å². The van der Waals surface area contributed by atoms with E-state index in [-0.39, 0.29) is 6.04 Å². The summed E-state index contributed by atoms with van der Waals surface area (Å²) in [4.78, 5) is 21.8. The van der Waals surface area contributed by atoms with E-state index in [2.05, 4.69) is 14.6 Å². The monoisotopic (exact) mass is 588 g/mol. The molecule has 3 aromatic carbocycles. The van der Waals surface area contributed by atoms with Gasteiger partial charge < -0.3 is 9.64 Å². The molecule has 1 fully saturated rings. The van der Waals surface area contributed by atoms with E-state index in [1.54, 1.807) is 65.7 Å². The number of carbonyl (C=O) groups is 1. The Hall–Kier alpha value is -4.28. The molecule has 0 radical (unpaired) electrons. The molecule has 5 rings (SSSR count). The Bertz CT molecular complexity index is 1560. The van der Waals surface area contributed by atoms with E-state index in [4.69, 9.17) is 4.74 Å². The van der Waals surface area contributed by atoms with E-state index in [0.29, 0.717) is 35.1 Å². The number of piperidine rings is 1. The van der Waals surface area contributed by atoms with Crippen molar-refractivity contribution in [1.29, 1.82) is 0 Å². The molecule has 1 atom stereocenters. The van der Waals surface area contributed by atoms with Gasteiger partial charge in [-0.3, -0.25) is 14.4 Å². The van der Waals surface area contributed by atoms with Crippen LogP contribution < -0.4 is 14.4 Å². The van der Waals surface area contributed by atoms with Crippen LogP contribution in [0, 0.1) is 0 Å². The number of alkyl halides is 1. The van der Waals surface area contributed by atoms with E-state index >= 15 is 4.39 Å². The number of hydrogen-bond acceptors (Lipinski definition) is 6. The molecule has 1 aliphatic heterocycles. The average Bonchev–Trinajstić information content (AvgIpc) is 3.00. The molecule has 1 saturated heterocycles. The fourth-order valence-corrected chi connectivity index (χ4v) is 5.64. The summed E-state index contributed by atoms with van der Waals surface area (Å²) in [5.74, 6) is 0.432. The molecule has 0 saturated carbocycles. The van der Waals surface area contributed by atoms with Crippen LogP contribution in [0.25, 0.3) is 0 Å². The molecule has 0 spiro atoms. The van der Waals surface area contributed by atoms with Gasteiger partial charge in [0.1, 0.15) is 5.75 Å². The van der Waals surface area contributed by atoms with Crippen LogP contribution in [-0.2, 0) is 21.4 Å². The minimum atomic E-state index is -3.34. The summed E-state index contributed by atoms with van der Waals surface area (Å²) in [6.45, 7) is 2.21. The van der Waals surface area contributed by atoms with E-state index in [9.17, 15) is 13.2 Å². The Kier molecular flexibility index (Phi) is 9.14. The fraction of sp³-hybridized carbons (Fsp3) is 0.250. The van der Waals surface area contributed by atoms with Crippen LogP contribution in [0.3, 0.4) is 0 Å². The zero-order valence-corrected chi connectivity index (χ0v) is 24.1. The Morgan fingerprint density at radius 2 is 1.62 bits per heavy atom. The maximum absolute atomic E-state index is 15.4. The summed E-state index contributed by atoms with van der Waals surface area (Å²) in [5, 5.41) is 0. The van der Waals surface area contributed by atoms with Crippen molar-refractivity contribution in [3.63, 3.8) is 0 Å². The highest BCUT2D eigenvalue weighted by molar-refractivity contribution is 7.92. The number of carbonyl (C=O) groups excluding carboxylic acids is 1. The topological polar surface area (TPSA) is 91.8 Å². The number of nitrogens with one attached hydrogen (secondary N) is 1. The largest absolute Gasteiger partial charge is 0.439 e. The van der Waals surface area contributed by atoms with Crippen LogP contribution in [0.4, 0.5) is 15.8 Å². The van der Waals surface area contributed by atoms with E-state index in [1.807, 2.05) is 42.5 Å². The molecular weight excluding hydrogens is 555 g/mol. The number of nitrogens with zero attached hydrogens (tertiary/aromatic N) is 3. The predicted molar refractivity (Wildman–Crippen MR) is 162 cm³/mol. The number of sulfonamides is 1. The van der Waals surface area contributed by atoms with Gasteiger partial charge in [0.25, 0.3) is 5.91 Å². The van der Waals surface area contributed by atoms with E-state index in [1.165, 1.54) is 0 Å². The van der Waals surface area contributed by atoms with Crippen molar-refractivity contribution in [3.8, 4) is 11.6 Å². The van der Waals surface area contributed by atoms with Gasteiger partial charge in [-0.15, -0.1) is 0 Å². The van der Waals surface area contributed by atoms with Gasteiger partial charge in [0, 0.05) is 49.3 Å². The van der Waals surface area contributed by atoms with Gasteiger partial charge in [0.2, 0.25) is 22.1 Å². The number of aromatic nitrogens is 1. The lowest BCUT2D eigenvalue weighted by Crippen LogP contribution is -2.48. The first-order valence-electron chi connectivity index (χ1n) is 13.8. The van der Waals surface area contributed by atoms with Gasteiger partial charge in [-0.25, -0.2) is 17.8 Å². The Morgan fingerprint density at radius 3 is 2.21 bits per heavy atom. The summed E-state index contributed by atoms with van der Waals surface area (Å²) >= 11 is 0. The second kappa shape index (κ2) is 13.1. The third-order valence-corrected chi connectivity index (χ3v) is 7.69. The van der Waals surface area contributed by atoms with Gasteiger partial charge in [0.15, 0.2) is 0 Å². The third kappa shape index (κ3) is 7.71. The second-order valence-corrected chi connectivity index (χ2v) is 12.1. The molecule has 1 amide bonds. The standard InChI is InChI=1S/C32H33FN4O4S/c1-42(39,40)35-26-13-15-29(16-14-26)41-30-17-12-24(22-34-30)23-36-20-18-28(19-21-36)37(27-10-6-3-7-11-27)32(38)31(33)25-8-4-2-5-9-25/h2-17,22,28,31,35H,18-21,23H2,1H3. The van der Waals surface area contributed by atoms with Crippen molar-refractivity contribution in [1.82, 2.24) is 9.88 Å². The van der Waals surface area contributed by atoms with Crippen LogP contribution in [0.1, 0.15) is 30.1 Å². The highest BCUT2D eigenvalue weighted by Gasteiger charge is 2.34. The van der Waals surface area contributed by atoms with E-state index in [0.717, 1.165) is 37.8 Å². The average molecular weight is 589 g/mol. The van der Waals surface area contributed by atoms with Gasteiger partial charge in [-0.05, 0) is 60.4 Å². The lowest BCUT2D eigenvalue weighted by Gasteiger charge is -2.39. The zero-order valence-electron chi connectivity index (χ0n) is 23.3. The van der Waals surface area contributed by atoms with Crippen molar-refractivity contribution >= 4 is 27.3 Å². The smallest absolute Gasteiger partial charge is 0.266 e. The van der Waals surface area contributed by atoms with Crippen molar-refractivity contribution < 1.29 is 22.3 Å². The normalized spacial score (nSPS) is 15.1. The molecular formula is C32H33FN4O4S.